The van der Waals surface area contributed by atoms with Gasteiger partial charge in [0.15, 0.2) is 4.96 Å². The molecule has 0 aliphatic rings. The van der Waals surface area contributed by atoms with Crippen LogP contribution in [-0.4, -0.2) is 15.3 Å². The number of carbonyl (C=O) groups excluding carboxylic acids is 1. The molecule has 1 amide bonds. The molecule has 0 unspecified atom stereocenters. The van der Waals surface area contributed by atoms with Gasteiger partial charge in [0.1, 0.15) is 0 Å². The molecule has 3 heterocycles. The van der Waals surface area contributed by atoms with Crippen LogP contribution >= 0.6 is 22.7 Å². The third-order valence-electron chi connectivity index (χ3n) is 3.62. The Balaban J connectivity index is 1.55. The van der Waals surface area contributed by atoms with E-state index in [9.17, 15) is 4.79 Å². The van der Waals surface area contributed by atoms with Gasteiger partial charge in [0, 0.05) is 22.5 Å². The van der Waals surface area contributed by atoms with Gasteiger partial charge >= 0.3 is 0 Å². The van der Waals surface area contributed by atoms with Crippen molar-refractivity contribution in [3.8, 4) is 0 Å². The van der Waals surface area contributed by atoms with E-state index in [4.69, 9.17) is 0 Å². The van der Waals surface area contributed by atoms with Crippen LogP contribution in [0.2, 0.25) is 0 Å². The summed E-state index contributed by atoms with van der Waals surface area (Å²) in [6.45, 7) is 2.45. The van der Waals surface area contributed by atoms with Crippen molar-refractivity contribution in [2.75, 3.05) is 0 Å². The van der Waals surface area contributed by atoms with Crippen molar-refractivity contribution in [2.45, 2.75) is 13.5 Å². The number of hydrogen-bond acceptors (Lipinski definition) is 4. The van der Waals surface area contributed by atoms with E-state index in [-0.39, 0.29) is 5.91 Å². The van der Waals surface area contributed by atoms with Crippen molar-refractivity contribution >= 4 is 43.6 Å². The highest BCUT2D eigenvalue weighted by Crippen LogP contribution is 2.30. The van der Waals surface area contributed by atoms with Crippen molar-refractivity contribution < 1.29 is 4.79 Å². The van der Waals surface area contributed by atoms with E-state index in [1.807, 2.05) is 47.3 Å². The summed E-state index contributed by atoms with van der Waals surface area (Å²) < 4.78 is 3.12. The number of hydrogen-bond donors (Lipinski definition) is 1. The lowest BCUT2D eigenvalue weighted by Crippen LogP contribution is -2.22. The zero-order valence-electron chi connectivity index (χ0n) is 11.9. The van der Waals surface area contributed by atoms with Gasteiger partial charge in [-0.1, -0.05) is 18.2 Å². The molecule has 0 aliphatic carbocycles. The fraction of sp³-hybridized carbons (Fsp3) is 0.125. The highest BCUT2D eigenvalue weighted by atomic mass is 32.1. The number of amides is 1. The van der Waals surface area contributed by atoms with Crippen LogP contribution in [0.5, 0.6) is 0 Å². The Morgan fingerprint density at radius 3 is 3.05 bits per heavy atom. The fourth-order valence-corrected chi connectivity index (χ4v) is 4.35. The van der Waals surface area contributed by atoms with Crippen LogP contribution in [0.1, 0.15) is 20.9 Å². The van der Waals surface area contributed by atoms with E-state index in [0.29, 0.717) is 6.54 Å². The van der Waals surface area contributed by atoms with Gasteiger partial charge < -0.3 is 5.32 Å². The molecule has 110 valence electrons. The highest BCUT2D eigenvalue weighted by molar-refractivity contribution is 7.21. The average Bonchev–Trinajstić information content (AvgIpc) is 3.19. The monoisotopic (exact) mass is 327 g/mol. The van der Waals surface area contributed by atoms with Crippen LogP contribution < -0.4 is 5.32 Å². The third-order valence-corrected chi connectivity index (χ3v) is 5.67. The van der Waals surface area contributed by atoms with Crippen molar-refractivity contribution in [2.24, 2.45) is 0 Å². The number of nitrogens with one attached hydrogen (secondary N) is 1. The van der Waals surface area contributed by atoms with Crippen LogP contribution in [-0.2, 0) is 6.54 Å². The summed E-state index contributed by atoms with van der Waals surface area (Å²) in [7, 11) is 0. The van der Waals surface area contributed by atoms with E-state index in [1.165, 1.54) is 11.3 Å². The number of nitrogens with zero attached hydrogens (tertiary/aromatic N) is 2. The predicted octanol–water partition coefficient (Wildman–Crippen LogP) is 3.85. The van der Waals surface area contributed by atoms with Gasteiger partial charge in [-0.25, -0.2) is 4.98 Å². The van der Waals surface area contributed by atoms with Gasteiger partial charge in [0.05, 0.1) is 17.1 Å². The minimum Gasteiger partial charge on any atom is -0.346 e. The van der Waals surface area contributed by atoms with E-state index >= 15 is 0 Å². The SMILES string of the molecule is Cc1c(C(=O)NCc2cn3ccsc3n2)sc2ccccc12. The molecule has 4 nitrogen and oxygen atoms in total. The molecule has 0 radical (unpaired) electrons. The van der Waals surface area contributed by atoms with E-state index in [2.05, 4.69) is 16.4 Å². The zero-order valence-corrected chi connectivity index (χ0v) is 13.5. The molecule has 0 aliphatic heterocycles. The summed E-state index contributed by atoms with van der Waals surface area (Å²) >= 11 is 3.12. The standard InChI is InChI=1S/C16H13N3OS2/c1-10-12-4-2-3-5-13(12)22-14(10)15(20)17-8-11-9-19-6-7-21-16(19)18-11/h2-7,9H,8H2,1H3,(H,17,20). The molecule has 0 spiro atoms. The molecule has 4 rings (SSSR count). The highest BCUT2D eigenvalue weighted by Gasteiger charge is 2.15. The molecule has 6 heteroatoms. The first-order valence-corrected chi connectivity index (χ1v) is 8.59. The second-order valence-corrected chi connectivity index (χ2v) is 6.99. The Hall–Kier alpha value is -2.18. The molecular weight excluding hydrogens is 314 g/mol. The first kappa shape index (κ1) is 13.5. The average molecular weight is 327 g/mol. The third kappa shape index (κ3) is 2.20. The number of aromatic nitrogens is 2. The quantitative estimate of drug-likeness (QED) is 0.621. The molecule has 0 fully saturated rings. The van der Waals surface area contributed by atoms with Crippen molar-refractivity contribution in [3.63, 3.8) is 0 Å². The van der Waals surface area contributed by atoms with Gasteiger partial charge in [-0.3, -0.25) is 9.20 Å². The Morgan fingerprint density at radius 1 is 1.36 bits per heavy atom. The molecular formula is C16H13N3OS2. The van der Waals surface area contributed by atoms with Gasteiger partial charge in [-0.05, 0) is 23.9 Å². The minimum absolute atomic E-state index is 0.0324. The minimum atomic E-state index is -0.0324. The summed E-state index contributed by atoms with van der Waals surface area (Å²) in [6, 6.07) is 8.11. The summed E-state index contributed by atoms with van der Waals surface area (Å²) in [6.07, 6.45) is 3.92. The Bertz CT molecular complexity index is 951. The van der Waals surface area contributed by atoms with Crippen LogP contribution in [0, 0.1) is 6.92 Å². The number of benzene rings is 1. The molecule has 1 N–H and O–H groups in total. The number of fused-ring (bicyclic) bond motifs is 2. The van der Waals surface area contributed by atoms with Gasteiger partial charge in [-0.2, -0.15) is 0 Å². The topological polar surface area (TPSA) is 46.4 Å². The first-order valence-electron chi connectivity index (χ1n) is 6.90. The maximum absolute atomic E-state index is 12.4. The lowest BCUT2D eigenvalue weighted by molar-refractivity contribution is 0.0954. The molecule has 0 saturated heterocycles. The van der Waals surface area contributed by atoms with Crippen molar-refractivity contribution in [1.29, 1.82) is 0 Å². The zero-order chi connectivity index (χ0) is 15.1. The lowest BCUT2D eigenvalue weighted by atomic mass is 10.1. The fourth-order valence-electron chi connectivity index (χ4n) is 2.50. The van der Waals surface area contributed by atoms with Crippen LogP contribution in [0.3, 0.4) is 0 Å². The van der Waals surface area contributed by atoms with Crippen LogP contribution in [0.4, 0.5) is 0 Å². The van der Waals surface area contributed by atoms with E-state index in [0.717, 1.165) is 31.2 Å². The van der Waals surface area contributed by atoms with E-state index in [1.54, 1.807) is 11.3 Å². The van der Waals surface area contributed by atoms with Crippen LogP contribution in [0.15, 0.2) is 42.0 Å². The number of imidazole rings is 1. The smallest absolute Gasteiger partial charge is 0.261 e. The molecule has 3 aromatic heterocycles. The number of thiophene rings is 1. The molecule has 4 aromatic rings. The lowest BCUT2D eigenvalue weighted by Gasteiger charge is -2.02. The second-order valence-electron chi connectivity index (χ2n) is 5.06. The number of carbonyl (C=O) groups is 1. The van der Waals surface area contributed by atoms with Crippen molar-refractivity contribution in [3.05, 3.63) is 58.2 Å². The summed E-state index contributed by atoms with van der Waals surface area (Å²) in [5, 5.41) is 6.11. The molecule has 0 saturated carbocycles. The predicted molar refractivity (Wildman–Crippen MR) is 90.8 cm³/mol. The van der Waals surface area contributed by atoms with Gasteiger partial charge in [-0.15, -0.1) is 22.7 Å². The maximum Gasteiger partial charge on any atom is 0.261 e. The van der Waals surface area contributed by atoms with Gasteiger partial charge in [0.2, 0.25) is 0 Å². The maximum atomic E-state index is 12.4. The summed E-state index contributed by atoms with van der Waals surface area (Å²) in [4.78, 5) is 18.6. The van der Waals surface area contributed by atoms with E-state index < -0.39 is 0 Å². The second kappa shape index (κ2) is 5.23. The number of rotatable bonds is 3. The largest absolute Gasteiger partial charge is 0.346 e. The molecule has 0 atom stereocenters. The number of aryl methyl sites for hydroxylation is 1. The molecule has 1 aromatic carbocycles. The number of thiazole rings is 1. The van der Waals surface area contributed by atoms with Gasteiger partial charge in [0.25, 0.3) is 5.91 Å². The van der Waals surface area contributed by atoms with Crippen LogP contribution in [0.25, 0.3) is 15.0 Å². The summed E-state index contributed by atoms with van der Waals surface area (Å²) in [5.41, 5.74) is 1.92. The Labute approximate surface area is 135 Å². The summed E-state index contributed by atoms with van der Waals surface area (Å²) in [5.74, 6) is -0.0324. The molecule has 0 bridgehead atoms. The van der Waals surface area contributed by atoms with Crippen molar-refractivity contribution in [1.82, 2.24) is 14.7 Å². The Kier molecular flexibility index (Phi) is 3.20. The normalized spacial score (nSPS) is 11.3. The Morgan fingerprint density at radius 2 is 2.23 bits per heavy atom. The first-order chi connectivity index (χ1) is 10.7. The molecule has 22 heavy (non-hydrogen) atoms.